The molecule has 1 heterocycles. The van der Waals surface area contributed by atoms with Crippen molar-refractivity contribution in [1.82, 2.24) is 4.98 Å². The predicted molar refractivity (Wildman–Crippen MR) is 79.7 cm³/mol. The van der Waals surface area contributed by atoms with E-state index in [1.54, 1.807) is 50.4 Å². The van der Waals surface area contributed by atoms with Crippen LogP contribution in [0, 0.1) is 0 Å². The van der Waals surface area contributed by atoms with Gasteiger partial charge in [0.1, 0.15) is 10.6 Å². The highest BCUT2D eigenvalue weighted by molar-refractivity contribution is 7.13. The van der Waals surface area contributed by atoms with Gasteiger partial charge in [0.05, 0.1) is 17.9 Å². The molecular formula is C15H17NO4S. The maximum Gasteiger partial charge on any atom is 0.373 e. The van der Waals surface area contributed by atoms with E-state index >= 15 is 0 Å². The average Bonchev–Trinajstić information content (AvgIpc) is 2.93. The molecule has 0 atom stereocenters. The Labute approximate surface area is 127 Å². The van der Waals surface area contributed by atoms with Crippen molar-refractivity contribution in [3.8, 4) is 10.6 Å². The zero-order chi connectivity index (χ0) is 15.5. The van der Waals surface area contributed by atoms with Crippen molar-refractivity contribution in [2.45, 2.75) is 33.0 Å². The monoisotopic (exact) mass is 307 g/mol. The molecule has 0 unspecified atom stereocenters. The van der Waals surface area contributed by atoms with Crippen LogP contribution >= 0.6 is 11.3 Å². The normalized spacial score (nSPS) is 11.4. The smallest absolute Gasteiger partial charge is 0.373 e. The van der Waals surface area contributed by atoms with E-state index in [1.807, 2.05) is 0 Å². The number of carbonyl (C=O) groups is 1. The number of rotatable bonds is 4. The largest absolute Gasteiger partial charge is 0.390 e. The van der Waals surface area contributed by atoms with Crippen molar-refractivity contribution in [3.05, 3.63) is 40.9 Å². The van der Waals surface area contributed by atoms with Crippen molar-refractivity contribution in [2.75, 3.05) is 0 Å². The molecule has 0 saturated heterocycles. The van der Waals surface area contributed by atoms with Gasteiger partial charge in [0.25, 0.3) is 0 Å². The first kappa shape index (κ1) is 15.6. The molecule has 112 valence electrons. The van der Waals surface area contributed by atoms with Gasteiger partial charge in [-0.3, -0.25) is 4.89 Å². The van der Waals surface area contributed by atoms with Crippen LogP contribution in [0.25, 0.3) is 10.6 Å². The molecule has 2 aromatic rings. The first-order chi connectivity index (χ1) is 9.89. The second kappa shape index (κ2) is 6.34. The van der Waals surface area contributed by atoms with E-state index in [0.29, 0.717) is 11.3 Å². The van der Waals surface area contributed by atoms with Gasteiger partial charge < -0.3 is 5.11 Å². The Hall–Kier alpha value is -1.76. The highest BCUT2D eigenvalue weighted by Crippen LogP contribution is 2.24. The summed E-state index contributed by atoms with van der Waals surface area (Å²) in [6.45, 7) is 5.31. The summed E-state index contributed by atoms with van der Waals surface area (Å²) in [6, 6.07) is 6.88. The number of carbonyl (C=O) groups excluding carboxylic acids is 1. The molecule has 0 radical (unpaired) electrons. The van der Waals surface area contributed by atoms with Crippen molar-refractivity contribution >= 4 is 17.3 Å². The second-order valence-corrected chi connectivity index (χ2v) is 6.30. The van der Waals surface area contributed by atoms with Crippen LogP contribution in [0.2, 0.25) is 0 Å². The minimum absolute atomic E-state index is 0.0783. The van der Waals surface area contributed by atoms with Gasteiger partial charge in [-0.15, -0.1) is 11.3 Å². The molecule has 1 N–H and O–H groups in total. The van der Waals surface area contributed by atoms with Crippen LogP contribution in [0.3, 0.4) is 0 Å². The number of nitrogens with zero attached hydrogens (tertiary/aromatic N) is 1. The van der Waals surface area contributed by atoms with Gasteiger partial charge in [-0.25, -0.2) is 9.78 Å². The average molecular weight is 307 g/mol. The van der Waals surface area contributed by atoms with Gasteiger partial charge in [0.15, 0.2) is 0 Å². The third kappa shape index (κ3) is 4.35. The third-order valence-corrected chi connectivity index (χ3v) is 3.39. The van der Waals surface area contributed by atoms with E-state index in [0.717, 1.165) is 10.6 Å². The number of aliphatic hydroxyl groups is 1. The number of benzene rings is 1. The summed E-state index contributed by atoms with van der Waals surface area (Å²) in [7, 11) is 0. The second-order valence-electron chi connectivity index (χ2n) is 5.45. The molecule has 0 bridgehead atoms. The van der Waals surface area contributed by atoms with Gasteiger partial charge in [-0.05, 0) is 32.9 Å². The van der Waals surface area contributed by atoms with E-state index in [9.17, 15) is 4.79 Å². The summed E-state index contributed by atoms with van der Waals surface area (Å²) < 4.78 is 0. The Kier molecular flexibility index (Phi) is 4.72. The Balaban J connectivity index is 2.06. The van der Waals surface area contributed by atoms with E-state index in [4.69, 9.17) is 14.9 Å². The molecule has 0 aliphatic carbocycles. The first-order valence-electron chi connectivity index (χ1n) is 6.45. The Morgan fingerprint density at radius 1 is 1.29 bits per heavy atom. The molecule has 21 heavy (non-hydrogen) atoms. The lowest BCUT2D eigenvalue weighted by Crippen LogP contribution is -2.21. The third-order valence-electron chi connectivity index (χ3n) is 2.45. The number of thiazole rings is 1. The van der Waals surface area contributed by atoms with Crippen LogP contribution in [0.15, 0.2) is 29.6 Å². The first-order valence-corrected chi connectivity index (χ1v) is 7.33. The number of aliphatic hydroxyl groups excluding tert-OH is 1. The number of hydrogen-bond acceptors (Lipinski definition) is 6. The summed E-state index contributed by atoms with van der Waals surface area (Å²) in [5.41, 5.74) is 1.38. The molecule has 0 saturated carbocycles. The van der Waals surface area contributed by atoms with Crippen LogP contribution in [0.1, 0.15) is 36.8 Å². The molecule has 0 aliphatic heterocycles. The Bertz CT molecular complexity index is 613. The molecule has 6 heteroatoms. The topological polar surface area (TPSA) is 68.7 Å². The van der Waals surface area contributed by atoms with Crippen LogP contribution in [0.4, 0.5) is 0 Å². The van der Waals surface area contributed by atoms with Gasteiger partial charge >= 0.3 is 5.97 Å². The lowest BCUT2D eigenvalue weighted by molar-refractivity contribution is -0.301. The predicted octanol–water partition coefficient (Wildman–Crippen LogP) is 3.19. The van der Waals surface area contributed by atoms with E-state index in [2.05, 4.69) is 4.98 Å². The summed E-state index contributed by atoms with van der Waals surface area (Å²) in [5.74, 6) is -0.535. The highest BCUT2D eigenvalue weighted by Gasteiger charge is 2.16. The Morgan fingerprint density at radius 3 is 2.48 bits per heavy atom. The quantitative estimate of drug-likeness (QED) is 0.694. The maximum absolute atomic E-state index is 11.8. The molecule has 0 fully saturated rings. The van der Waals surface area contributed by atoms with Gasteiger partial charge in [-0.2, -0.15) is 4.89 Å². The van der Waals surface area contributed by atoms with Gasteiger partial charge in [-0.1, -0.05) is 12.1 Å². The highest BCUT2D eigenvalue weighted by atomic mass is 32.1. The zero-order valence-electron chi connectivity index (χ0n) is 12.1. The molecule has 1 aromatic heterocycles. The SMILES string of the molecule is CC(C)(C)OOC(=O)c1ccc(-c2nc(CO)cs2)cc1. The fraction of sp³-hybridized carbons (Fsp3) is 0.333. The fourth-order valence-corrected chi connectivity index (χ4v) is 2.29. The molecule has 0 spiro atoms. The lowest BCUT2D eigenvalue weighted by atomic mass is 10.1. The minimum atomic E-state index is -0.544. The van der Waals surface area contributed by atoms with Crippen LogP contribution in [-0.4, -0.2) is 21.7 Å². The summed E-state index contributed by atoms with van der Waals surface area (Å²) in [4.78, 5) is 25.8. The van der Waals surface area contributed by atoms with Crippen molar-refractivity contribution in [3.63, 3.8) is 0 Å². The fourth-order valence-electron chi connectivity index (χ4n) is 1.47. The van der Waals surface area contributed by atoms with E-state index in [1.165, 1.54) is 11.3 Å². The van der Waals surface area contributed by atoms with Gasteiger partial charge in [0.2, 0.25) is 0 Å². The van der Waals surface area contributed by atoms with Crippen LogP contribution in [0.5, 0.6) is 0 Å². The van der Waals surface area contributed by atoms with Gasteiger partial charge in [0, 0.05) is 10.9 Å². The minimum Gasteiger partial charge on any atom is -0.390 e. The van der Waals surface area contributed by atoms with Crippen molar-refractivity contribution in [2.24, 2.45) is 0 Å². The summed E-state index contributed by atoms with van der Waals surface area (Å²) in [5, 5.41) is 11.6. The van der Waals surface area contributed by atoms with Crippen LogP contribution in [-0.2, 0) is 16.4 Å². The maximum atomic E-state index is 11.8. The molecule has 0 amide bonds. The molecule has 1 aromatic carbocycles. The molecular weight excluding hydrogens is 290 g/mol. The molecule has 2 rings (SSSR count). The lowest BCUT2D eigenvalue weighted by Gasteiger charge is -2.16. The summed E-state index contributed by atoms with van der Waals surface area (Å²) in [6.07, 6.45) is 0. The Morgan fingerprint density at radius 2 is 1.95 bits per heavy atom. The number of aromatic nitrogens is 1. The summed E-state index contributed by atoms with van der Waals surface area (Å²) >= 11 is 1.44. The standard InChI is InChI=1S/C15H17NO4S/c1-15(2,3)20-19-14(18)11-6-4-10(5-7-11)13-16-12(8-17)9-21-13/h4-7,9,17H,8H2,1-3H3. The van der Waals surface area contributed by atoms with E-state index < -0.39 is 11.6 Å². The number of hydrogen-bond donors (Lipinski definition) is 1. The van der Waals surface area contributed by atoms with E-state index in [-0.39, 0.29) is 6.61 Å². The molecule has 0 aliphatic rings. The zero-order valence-corrected chi connectivity index (χ0v) is 12.9. The van der Waals surface area contributed by atoms with Crippen molar-refractivity contribution in [1.29, 1.82) is 0 Å². The molecule has 5 nitrogen and oxygen atoms in total. The van der Waals surface area contributed by atoms with Crippen LogP contribution < -0.4 is 0 Å². The van der Waals surface area contributed by atoms with Crippen molar-refractivity contribution < 1.29 is 19.7 Å².